The molecule has 7 heteroatoms. The summed E-state index contributed by atoms with van der Waals surface area (Å²) in [6.07, 6.45) is -0.889. The number of nitrogens with one attached hydrogen (secondary N) is 3. The number of benzene rings is 2. The third kappa shape index (κ3) is 6.00. The van der Waals surface area contributed by atoms with Crippen LogP contribution in [0.25, 0.3) is 0 Å². The van der Waals surface area contributed by atoms with Crippen LogP contribution >= 0.6 is 0 Å². The van der Waals surface area contributed by atoms with E-state index in [0.29, 0.717) is 16.8 Å². The first-order chi connectivity index (χ1) is 12.8. The molecule has 0 saturated heterocycles. The fourth-order valence-corrected chi connectivity index (χ4v) is 2.46. The summed E-state index contributed by atoms with van der Waals surface area (Å²) >= 11 is 0. The Morgan fingerprint density at radius 3 is 2.33 bits per heavy atom. The largest absolute Gasteiger partial charge is 0.508 e. The highest BCUT2D eigenvalue weighted by Gasteiger charge is 2.12. The molecule has 27 heavy (non-hydrogen) atoms. The number of phenols is 1. The van der Waals surface area contributed by atoms with Gasteiger partial charge in [-0.15, -0.1) is 0 Å². The van der Waals surface area contributed by atoms with E-state index in [9.17, 15) is 19.8 Å². The van der Waals surface area contributed by atoms with Gasteiger partial charge in [-0.25, -0.2) is 4.79 Å². The highest BCUT2D eigenvalue weighted by Crippen LogP contribution is 2.18. The van der Waals surface area contributed by atoms with E-state index in [0.717, 1.165) is 5.56 Å². The van der Waals surface area contributed by atoms with Crippen LogP contribution in [0.5, 0.6) is 5.75 Å². The van der Waals surface area contributed by atoms with Gasteiger partial charge in [0, 0.05) is 23.8 Å². The predicted molar refractivity (Wildman–Crippen MR) is 104 cm³/mol. The van der Waals surface area contributed by atoms with E-state index in [2.05, 4.69) is 16.0 Å². The molecule has 0 aliphatic rings. The fourth-order valence-electron chi connectivity index (χ4n) is 2.46. The zero-order valence-corrected chi connectivity index (χ0v) is 15.6. The molecule has 0 aliphatic carbocycles. The summed E-state index contributed by atoms with van der Waals surface area (Å²) in [5, 5.41) is 27.4. The highest BCUT2D eigenvalue weighted by molar-refractivity contribution is 5.96. The average Bonchev–Trinajstić information content (AvgIpc) is 2.61. The van der Waals surface area contributed by atoms with Crippen molar-refractivity contribution in [1.29, 1.82) is 0 Å². The Morgan fingerprint density at radius 2 is 1.74 bits per heavy atom. The number of anilines is 1. The summed E-state index contributed by atoms with van der Waals surface area (Å²) in [7, 11) is 0. The van der Waals surface area contributed by atoms with Gasteiger partial charge in [-0.2, -0.15) is 0 Å². The molecule has 5 N–H and O–H groups in total. The number of carbonyl (C=O) groups is 2. The minimum Gasteiger partial charge on any atom is -0.508 e. The van der Waals surface area contributed by atoms with Gasteiger partial charge in [-0.3, -0.25) is 4.79 Å². The third-order valence-corrected chi connectivity index (χ3v) is 3.89. The van der Waals surface area contributed by atoms with E-state index in [1.165, 1.54) is 12.1 Å². The molecule has 0 bridgehead atoms. The number of urea groups is 1. The zero-order chi connectivity index (χ0) is 20.0. The number of amides is 3. The van der Waals surface area contributed by atoms with Crippen molar-refractivity contribution in [3.63, 3.8) is 0 Å². The van der Waals surface area contributed by atoms with Gasteiger partial charge >= 0.3 is 6.03 Å². The third-order valence-electron chi connectivity index (χ3n) is 3.89. The van der Waals surface area contributed by atoms with Crippen LogP contribution in [0.4, 0.5) is 10.5 Å². The van der Waals surface area contributed by atoms with E-state index < -0.39 is 12.1 Å². The predicted octanol–water partition coefficient (Wildman–Crippen LogP) is 2.69. The van der Waals surface area contributed by atoms with Gasteiger partial charge in [-0.1, -0.05) is 12.1 Å². The van der Waals surface area contributed by atoms with Crippen molar-refractivity contribution in [2.45, 2.75) is 32.9 Å². The molecule has 7 nitrogen and oxygen atoms in total. The van der Waals surface area contributed by atoms with Crippen LogP contribution in [0.1, 0.15) is 41.4 Å². The normalized spacial score (nSPS) is 11.7. The van der Waals surface area contributed by atoms with Crippen LogP contribution in [0, 0.1) is 6.92 Å². The number of aliphatic hydroxyl groups excluding tert-OH is 1. The lowest BCUT2D eigenvalue weighted by molar-refractivity contribution is 0.0943. The monoisotopic (exact) mass is 371 g/mol. The van der Waals surface area contributed by atoms with E-state index >= 15 is 0 Å². The van der Waals surface area contributed by atoms with Crippen LogP contribution < -0.4 is 16.0 Å². The molecule has 2 aromatic carbocycles. The summed E-state index contributed by atoms with van der Waals surface area (Å²) in [6, 6.07) is 10.7. The Bertz CT molecular complexity index is 803. The minimum absolute atomic E-state index is 0.0184. The van der Waals surface area contributed by atoms with Crippen LogP contribution in [0.15, 0.2) is 42.5 Å². The molecule has 2 rings (SSSR count). The second-order valence-electron chi connectivity index (χ2n) is 6.60. The fraction of sp³-hybridized carbons (Fsp3) is 0.300. The highest BCUT2D eigenvalue weighted by atomic mass is 16.3. The van der Waals surface area contributed by atoms with Gasteiger partial charge in [0.1, 0.15) is 5.75 Å². The standard InChI is InChI=1S/C20H25N3O4/c1-12(2)22-19(26)15-6-9-17(13(3)10-15)23-20(27)21-11-18(25)14-4-7-16(24)8-5-14/h4-10,12,18,24-25H,11H2,1-3H3,(H,22,26)(H2,21,23,27)/t18-/m0/s1. The topological polar surface area (TPSA) is 111 Å². The second kappa shape index (κ2) is 9.05. The smallest absolute Gasteiger partial charge is 0.319 e. The van der Waals surface area contributed by atoms with Crippen molar-refractivity contribution in [2.75, 3.05) is 11.9 Å². The summed E-state index contributed by atoms with van der Waals surface area (Å²) in [6.45, 7) is 5.59. The zero-order valence-electron chi connectivity index (χ0n) is 15.6. The van der Waals surface area contributed by atoms with E-state index in [1.54, 1.807) is 37.3 Å². The molecule has 144 valence electrons. The summed E-state index contributed by atoms with van der Waals surface area (Å²) < 4.78 is 0. The maximum absolute atomic E-state index is 12.1. The molecule has 0 aliphatic heterocycles. The van der Waals surface area contributed by atoms with Crippen molar-refractivity contribution in [3.05, 3.63) is 59.2 Å². The lowest BCUT2D eigenvalue weighted by Gasteiger charge is -2.15. The van der Waals surface area contributed by atoms with Gasteiger partial charge in [0.15, 0.2) is 0 Å². The molecule has 0 aromatic heterocycles. The summed E-state index contributed by atoms with van der Waals surface area (Å²) in [4.78, 5) is 24.1. The maximum atomic E-state index is 12.1. The van der Waals surface area contributed by atoms with Crippen molar-refractivity contribution in [1.82, 2.24) is 10.6 Å². The number of aliphatic hydroxyl groups is 1. The number of hydrogen-bond donors (Lipinski definition) is 5. The molecule has 1 atom stereocenters. The molecule has 0 spiro atoms. The Hall–Kier alpha value is -3.06. The second-order valence-corrected chi connectivity index (χ2v) is 6.60. The van der Waals surface area contributed by atoms with Crippen molar-refractivity contribution in [3.8, 4) is 5.75 Å². The molecular weight excluding hydrogens is 346 g/mol. The van der Waals surface area contributed by atoms with Crippen LogP contribution in [-0.2, 0) is 0 Å². The van der Waals surface area contributed by atoms with Crippen molar-refractivity contribution >= 4 is 17.6 Å². The Labute approximate surface area is 158 Å². The lowest BCUT2D eigenvalue weighted by Crippen LogP contribution is -2.32. The molecule has 0 radical (unpaired) electrons. The van der Waals surface area contributed by atoms with Crippen LogP contribution in [0.3, 0.4) is 0 Å². The molecule has 0 saturated carbocycles. The number of phenolic OH excluding ortho intramolecular Hbond substituents is 1. The molecule has 0 heterocycles. The summed E-state index contributed by atoms with van der Waals surface area (Å²) in [5.74, 6) is -0.0567. The lowest BCUT2D eigenvalue weighted by atomic mass is 10.1. The van der Waals surface area contributed by atoms with Crippen molar-refractivity contribution in [2.24, 2.45) is 0 Å². The SMILES string of the molecule is Cc1cc(C(=O)NC(C)C)ccc1NC(=O)NC[C@H](O)c1ccc(O)cc1. The number of carbonyl (C=O) groups excluding carboxylic acids is 2. The molecule has 0 fully saturated rings. The van der Waals surface area contributed by atoms with Crippen molar-refractivity contribution < 1.29 is 19.8 Å². The summed E-state index contributed by atoms with van der Waals surface area (Å²) in [5.41, 5.74) is 2.44. The molecule has 3 amide bonds. The first-order valence-electron chi connectivity index (χ1n) is 8.69. The first-order valence-corrected chi connectivity index (χ1v) is 8.69. The van der Waals surface area contributed by atoms with Crippen LogP contribution in [0.2, 0.25) is 0 Å². The minimum atomic E-state index is -0.889. The van der Waals surface area contributed by atoms with Gasteiger partial charge in [0.25, 0.3) is 5.91 Å². The number of hydrogen-bond acceptors (Lipinski definition) is 4. The number of rotatable bonds is 6. The van der Waals surface area contributed by atoms with E-state index in [4.69, 9.17) is 0 Å². The molecular formula is C20H25N3O4. The average molecular weight is 371 g/mol. The van der Waals surface area contributed by atoms with Gasteiger partial charge < -0.3 is 26.2 Å². The Balaban J connectivity index is 1.91. The van der Waals surface area contributed by atoms with Gasteiger partial charge in [0.05, 0.1) is 6.10 Å². The Morgan fingerprint density at radius 1 is 1.07 bits per heavy atom. The molecule has 0 unspecified atom stereocenters. The van der Waals surface area contributed by atoms with Gasteiger partial charge in [-0.05, 0) is 62.2 Å². The first kappa shape index (κ1) is 20.3. The van der Waals surface area contributed by atoms with E-state index in [1.807, 2.05) is 13.8 Å². The van der Waals surface area contributed by atoms with Crippen LogP contribution in [-0.4, -0.2) is 34.7 Å². The van der Waals surface area contributed by atoms with Gasteiger partial charge in [0.2, 0.25) is 0 Å². The Kier molecular flexibility index (Phi) is 6.79. The van der Waals surface area contributed by atoms with E-state index in [-0.39, 0.29) is 24.2 Å². The number of aryl methyl sites for hydroxylation is 1. The quantitative estimate of drug-likeness (QED) is 0.538. The number of aromatic hydroxyl groups is 1. The molecule has 2 aromatic rings. The maximum Gasteiger partial charge on any atom is 0.319 e.